The van der Waals surface area contributed by atoms with E-state index in [1.165, 1.54) is 30.7 Å². The van der Waals surface area contributed by atoms with E-state index in [2.05, 4.69) is 5.32 Å². The van der Waals surface area contributed by atoms with Crippen LogP contribution < -0.4 is 5.32 Å². The van der Waals surface area contributed by atoms with E-state index in [0.29, 0.717) is 12.1 Å². The van der Waals surface area contributed by atoms with Crippen molar-refractivity contribution in [1.29, 1.82) is 0 Å². The number of hydrogen-bond acceptors (Lipinski definition) is 2. The van der Waals surface area contributed by atoms with Gasteiger partial charge in [-0.2, -0.15) is 0 Å². The Kier molecular flexibility index (Phi) is 4.70. The fourth-order valence-electron chi connectivity index (χ4n) is 2.09. The number of nitrogens with one attached hydrogen (secondary N) is 1. The first-order valence-corrected chi connectivity index (χ1v) is 6.41. The van der Waals surface area contributed by atoms with Crippen LogP contribution in [0.1, 0.15) is 36.0 Å². The van der Waals surface area contributed by atoms with Crippen LogP contribution in [0.15, 0.2) is 24.3 Å². The second kappa shape index (κ2) is 6.50. The van der Waals surface area contributed by atoms with E-state index in [9.17, 15) is 9.18 Å². The first-order valence-electron chi connectivity index (χ1n) is 6.41. The number of carbonyl (C=O) groups excluding carboxylic acids is 1. The highest BCUT2D eigenvalue weighted by Crippen LogP contribution is 2.14. The van der Waals surface area contributed by atoms with Gasteiger partial charge in [0.25, 0.3) is 5.91 Å². The Bertz CT molecular complexity index is 385. The molecule has 1 unspecified atom stereocenters. The minimum atomic E-state index is -0.331. The van der Waals surface area contributed by atoms with E-state index in [1.54, 1.807) is 0 Å². The Labute approximate surface area is 106 Å². The molecule has 0 aromatic heterocycles. The molecule has 1 aliphatic heterocycles. The molecule has 4 heteroatoms. The predicted molar refractivity (Wildman–Crippen MR) is 66.9 cm³/mol. The maximum Gasteiger partial charge on any atom is 0.251 e. The number of carbonyl (C=O) groups is 1. The molecule has 3 nitrogen and oxygen atoms in total. The van der Waals surface area contributed by atoms with Gasteiger partial charge in [0.2, 0.25) is 0 Å². The smallest absolute Gasteiger partial charge is 0.251 e. The van der Waals surface area contributed by atoms with Crippen LogP contribution in [0.25, 0.3) is 0 Å². The molecule has 98 valence electrons. The van der Waals surface area contributed by atoms with Crippen LogP contribution in [-0.4, -0.2) is 25.2 Å². The molecular weight excluding hydrogens is 233 g/mol. The topological polar surface area (TPSA) is 38.3 Å². The van der Waals surface area contributed by atoms with Crippen molar-refractivity contribution >= 4 is 5.91 Å². The zero-order chi connectivity index (χ0) is 12.8. The summed E-state index contributed by atoms with van der Waals surface area (Å²) in [5.74, 6) is -0.493. The lowest BCUT2D eigenvalue weighted by atomic mass is 10.1. The summed E-state index contributed by atoms with van der Waals surface area (Å²) < 4.78 is 18.3. The van der Waals surface area contributed by atoms with Crippen molar-refractivity contribution in [1.82, 2.24) is 5.32 Å². The van der Waals surface area contributed by atoms with Crippen molar-refractivity contribution in [2.24, 2.45) is 0 Å². The molecule has 1 N–H and O–H groups in total. The van der Waals surface area contributed by atoms with E-state index in [0.717, 1.165) is 25.9 Å². The largest absolute Gasteiger partial charge is 0.378 e. The third-order valence-corrected chi connectivity index (χ3v) is 3.13. The molecule has 0 bridgehead atoms. The molecule has 1 aliphatic rings. The Morgan fingerprint density at radius 3 is 2.78 bits per heavy atom. The van der Waals surface area contributed by atoms with Gasteiger partial charge < -0.3 is 10.1 Å². The SMILES string of the molecule is O=C(NCCC1CCCCO1)c1ccc(F)cc1. The minimum Gasteiger partial charge on any atom is -0.378 e. The summed E-state index contributed by atoms with van der Waals surface area (Å²) in [6.45, 7) is 1.43. The van der Waals surface area contributed by atoms with Crippen LogP contribution in [0.5, 0.6) is 0 Å². The molecule has 1 heterocycles. The molecule has 1 amide bonds. The third kappa shape index (κ3) is 3.81. The van der Waals surface area contributed by atoms with E-state index < -0.39 is 0 Å². The van der Waals surface area contributed by atoms with Crippen molar-refractivity contribution in [3.8, 4) is 0 Å². The fourth-order valence-corrected chi connectivity index (χ4v) is 2.09. The molecule has 2 rings (SSSR count). The Morgan fingerprint density at radius 1 is 1.33 bits per heavy atom. The second-order valence-corrected chi connectivity index (χ2v) is 4.54. The van der Waals surface area contributed by atoms with Gasteiger partial charge in [-0.25, -0.2) is 4.39 Å². The summed E-state index contributed by atoms with van der Waals surface area (Å²) in [5, 5.41) is 2.82. The summed E-state index contributed by atoms with van der Waals surface area (Å²) in [4.78, 5) is 11.7. The van der Waals surface area contributed by atoms with Crippen LogP contribution >= 0.6 is 0 Å². The molecule has 1 fully saturated rings. The monoisotopic (exact) mass is 251 g/mol. The van der Waals surface area contributed by atoms with Crippen LogP contribution in [0.4, 0.5) is 4.39 Å². The fraction of sp³-hybridized carbons (Fsp3) is 0.500. The van der Waals surface area contributed by atoms with Gasteiger partial charge in [-0.3, -0.25) is 4.79 Å². The molecule has 0 spiro atoms. The lowest BCUT2D eigenvalue weighted by molar-refractivity contribution is 0.0117. The summed E-state index contributed by atoms with van der Waals surface area (Å²) in [5.41, 5.74) is 0.487. The number of halogens is 1. The zero-order valence-electron chi connectivity index (χ0n) is 10.3. The number of amides is 1. The van der Waals surface area contributed by atoms with E-state index in [4.69, 9.17) is 4.74 Å². The van der Waals surface area contributed by atoms with Gasteiger partial charge in [0, 0.05) is 18.7 Å². The highest BCUT2D eigenvalue weighted by atomic mass is 19.1. The van der Waals surface area contributed by atoms with Crippen molar-refractivity contribution in [3.05, 3.63) is 35.6 Å². The van der Waals surface area contributed by atoms with Gasteiger partial charge in [-0.1, -0.05) is 0 Å². The number of hydrogen-bond donors (Lipinski definition) is 1. The molecule has 1 aromatic carbocycles. The van der Waals surface area contributed by atoms with Gasteiger partial charge in [0.1, 0.15) is 5.82 Å². The number of rotatable bonds is 4. The van der Waals surface area contributed by atoms with Crippen molar-refractivity contribution in [2.75, 3.05) is 13.2 Å². The quantitative estimate of drug-likeness (QED) is 0.893. The zero-order valence-corrected chi connectivity index (χ0v) is 10.3. The number of ether oxygens (including phenoxy) is 1. The van der Waals surface area contributed by atoms with Gasteiger partial charge in [-0.05, 0) is 49.9 Å². The van der Waals surface area contributed by atoms with Crippen molar-refractivity contribution in [2.45, 2.75) is 31.8 Å². The first-order chi connectivity index (χ1) is 8.75. The average molecular weight is 251 g/mol. The van der Waals surface area contributed by atoms with Crippen LogP contribution in [0.2, 0.25) is 0 Å². The first kappa shape index (κ1) is 13.0. The van der Waals surface area contributed by atoms with Gasteiger partial charge in [0.05, 0.1) is 6.10 Å². The molecule has 0 radical (unpaired) electrons. The van der Waals surface area contributed by atoms with Gasteiger partial charge >= 0.3 is 0 Å². The number of benzene rings is 1. The summed E-state index contributed by atoms with van der Waals surface area (Å²) in [6.07, 6.45) is 4.53. The molecular formula is C14H18FNO2. The van der Waals surface area contributed by atoms with Gasteiger partial charge in [0.15, 0.2) is 0 Å². The molecule has 1 aromatic rings. The average Bonchev–Trinajstić information content (AvgIpc) is 2.40. The molecule has 18 heavy (non-hydrogen) atoms. The highest BCUT2D eigenvalue weighted by Gasteiger charge is 2.13. The highest BCUT2D eigenvalue weighted by molar-refractivity contribution is 5.94. The summed E-state index contributed by atoms with van der Waals surface area (Å²) >= 11 is 0. The van der Waals surface area contributed by atoms with E-state index in [-0.39, 0.29) is 17.8 Å². The third-order valence-electron chi connectivity index (χ3n) is 3.13. The predicted octanol–water partition coefficient (Wildman–Crippen LogP) is 2.51. The van der Waals surface area contributed by atoms with E-state index in [1.807, 2.05) is 0 Å². The van der Waals surface area contributed by atoms with E-state index >= 15 is 0 Å². The van der Waals surface area contributed by atoms with Crippen LogP contribution in [0, 0.1) is 5.82 Å². The second-order valence-electron chi connectivity index (χ2n) is 4.54. The van der Waals surface area contributed by atoms with Crippen LogP contribution in [-0.2, 0) is 4.74 Å². The summed E-state index contributed by atoms with van der Waals surface area (Å²) in [7, 11) is 0. The maximum absolute atomic E-state index is 12.7. The molecule has 0 saturated carbocycles. The van der Waals surface area contributed by atoms with Crippen molar-refractivity contribution in [3.63, 3.8) is 0 Å². The molecule has 0 aliphatic carbocycles. The standard InChI is InChI=1S/C14H18FNO2/c15-12-6-4-11(5-7-12)14(17)16-9-8-13-3-1-2-10-18-13/h4-7,13H,1-3,8-10H2,(H,16,17). The van der Waals surface area contributed by atoms with Crippen molar-refractivity contribution < 1.29 is 13.9 Å². The Morgan fingerprint density at radius 2 is 2.11 bits per heavy atom. The molecule has 1 saturated heterocycles. The van der Waals surface area contributed by atoms with Gasteiger partial charge in [-0.15, -0.1) is 0 Å². The lowest BCUT2D eigenvalue weighted by Gasteiger charge is -2.22. The minimum absolute atomic E-state index is 0.161. The summed E-state index contributed by atoms with van der Waals surface area (Å²) in [6, 6.07) is 5.56. The Balaban J connectivity index is 1.72. The normalized spacial score (nSPS) is 19.5. The van der Waals surface area contributed by atoms with Crippen LogP contribution in [0.3, 0.4) is 0 Å². The maximum atomic E-state index is 12.7. The lowest BCUT2D eigenvalue weighted by Crippen LogP contribution is -2.29. The molecule has 1 atom stereocenters. The Hall–Kier alpha value is -1.42.